The number of aliphatic hydroxyl groups excluding tert-OH is 1. The molecule has 6 heteroatoms. The van der Waals surface area contributed by atoms with Crippen LogP contribution in [0.15, 0.2) is 24.3 Å². The van der Waals surface area contributed by atoms with E-state index in [-0.39, 0.29) is 24.1 Å². The Kier molecular flexibility index (Phi) is 4.68. The Balaban J connectivity index is 1.87. The van der Waals surface area contributed by atoms with Crippen molar-refractivity contribution in [2.45, 2.75) is 31.8 Å². The minimum atomic E-state index is -0.476. The molecule has 1 aromatic rings. The van der Waals surface area contributed by atoms with Gasteiger partial charge in [0, 0.05) is 18.2 Å². The number of hydrogen-bond donors (Lipinski definition) is 2. The third kappa shape index (κ3) is 3.77. The van der Waals surface area contributed by atoms with Gasteiger partial charge >= 0.3 is 0 Å². The fourth-order valence-electron chi connectivity index (χ4n) is 2.57. The van der Waals surface area contributed by atoms with Gasteiger partial charge < -0.3 is 10.4 Å². The highest BCUT2D eigenvalue weighted by Gasteiger charge is 2.23. The molecular formula is C14H18N2O4. The van der Waals surface area contributed by atoms with Gasteiger partial charge in [0.15, 0.2) is 0 Å². The molecule has 0 heterocycles. The Labute approximate surface area is 117 Å². The van der Waals surface area contributed by atoms with Gasteiger partial charge in [-0.2, -0.15) is 0 Å². The number of para-hydroxylation sites is 1. The number of carbonyl (C=O) groups is 1. The Morgan fingerprint density at radius 1 is 1.40 bits per heavy atom. The average molecular weight is 278 g/mol. The summed E-state index contributed by atoms with van der Waals surface area (Å²) in [7, 11) is 0. The van der Waals surface area contributed by atoms with E-state index in [4.69, 9.17) is 0 Å². The first-order valence-corrected chi connectivity index (χ1v) is 6.73. The molecule has 108 valence electrons. The molecule has 1 aliphatic carbocycles. The van der Waals surface area contributed by atoms with E-state index in [1.807, 2.05) is 0 Å². The third-order valence-electron chi connectivity index (χ3n) is 3.64. The number of benzene rings is 1. The number of aliphatic hydroxyl groups is 1. The minimum absolute atomic E-state index is 0.00638. The van der Waals surface area contributed by atoms with E-state index in [0.717, 1.165) is 12.8 Å². The lowest BCUT2D eigenvalue weighted by Gasteiger charge is -2.11. The molecule has 6 nitrogen and oxygen atoms in total. The minimum Gasteiger partial charge on any atom is -0.393 e. The fourth-order valence-corrected chi connectivity index (χ4v) is 2.57. The van der Waals surface area contributed by atoms with Crippen LogP contribution >= 0.6 is 0 Å². The summed E-state index contributed by atoms with van der Waals surface area (Å²) in [5, 5.41) is 23.0. The highest BCUT2D eigenvalue weighted by molar-refractivity contribution is 5.79. The normalized spacial score (nSPS) is 21.6. The molecule has 1 aliphatic rings. The first kappa shape index (κ1) is 14.5. The fraction of sp³-hybridized carbons (Fsp3) is 0.500. The van der Waals surface area contributed by atoms with E-state index in [1.54, 1.807) is 18.2 Å². The summed E-state index contributed by atoms with van der Waals surface area (Å²) in [4.78, 5) is 22.2. The zero-order valence-corrected chi connectivity index (χ0v) is 11.1. The molecule has 0 aromatic heterocycles. The number of nitro groups is 1. The van der Waals surface area contributed by atoms with Crippen molar-refractivity contribution in [2.75, 3.05) is 6.54 Å². The average Bonchev–Trinajstić information content (AvgIpc) is 2.83. The molecule has 1 fully saturated rings. The van der Waals surface area contributed by atoms with Crippen LogP contribution in [0.1, 0.15) is 24.8 Å². The summed E-state index contributed by atoms with van der Waals surface area (Å²) in [6.07, 6.45) is 2.16. The number of rotatable bonds is 5. The number of amides is 1. The van der Waals surface area contributed by atoms with Gasteiger partial charge in [0.1, 0.15) is 0 Å². The van der Waals surface area contributed by atoms with Crippen LogP contribution < -0.4 is 5.32 Å². The van der Waals surface area contributed by atoms with Crippen molar-refractivity contribution >= 4 is 11.6 Å². The van der Waals surface area contributed by atoms with Gasteiger partial charge in [0.25, 0.3) is 5.69 Å². The first-order valence-electron chi connectivity index (χ1n) is 6.73. The maximum absolute atomic E-state index is 11.8. The Morgan fingerprint density at radius 3 is 2.80 bits per heavy atom. The molecule has 20 heavy (non-hydrogen) atoms. The molecule has 2 atom stereocenters. The molecule has 0 bridgehead atoms. The SMILES string of the molecule is O=C(Cc1ccccc1[N+](=O)[O-])NCC1CCC(O)C1. The second-order valence-corrected chi connectivity index (χ2v) is 5.20. The van der Waals surface area contributed by atoms with Gasteiger partial charge in [-0.25, -0.2) is 0 Å². The summed E-state index contributed by atoms with van der Waals surface area (Å²) in [6, 6.07) is 6.26. The predicted molar refractivity (Wildman–Crippen MR) is 73.2 cm³/mol. The van der Waals surface area contributed by atoms with Gasteiger partial charge in [-0.3, -0.25) is 14.9 Å². The van der Waals surface area contributed by atoms with Crippen molar-refractivity contribution in [3.8, 4) is 0 Å². The van der Waals surface area contributed by atoms with Crippen LogP contribution in [0.4, 0.5) is 5.69 Å². The van der Waals surface area contributed by atoms with E-state index < -0.39 is 4.92 Å². The molecule has 1 aromatic carbocycles. The Bertz CT molecular complexity index is 504. The standard InChI is InChI=1S/C14H18N2O4/c17-12-6-5-10(7-12)9-15-14(18)8-11-3-1-2-4-13(11)16(19)20/h1-4,10,12,17H,5-9H2,(H,15,18). The second kappa shape index (κ2) is 6.47. The molecule has 0 spiro atoms. The predicted octanol–water partition coefficient (Wildman–Crippen LogP) is 1.41. The number of nitro benzene ring substituents is 1. The van der Waals surface area contributed by atoms with Crippen LogP contribution in [-0.4, -0.2) is 28.6 Å². The molecule has 0 radical (unpaired) electrons. The van der Waals surface area contributed by atoms with Crippen LogP contribution in [0.25, 0.3) is 0 Å². The zero-order valence-electron chi connectivity index (χ0n) is 11.1. The highest BCUT2D eigenvalue weighted by Crippen LogP contribution is 2.24. The van der Waals surface area contributed by atoms with Crippen molar-refractivity contribution in [2.24, 2.45) is 5.92 Å². The lowest BCUT2D eigenvalue weighted by molar-refractivity contribution is -0.385. The van der Waals surface area contributed by atoms with Crippen molar-refractivity contribution in [1.29, 1.82) is 0 Å². The first-order chi connectivity index (χ1) is 9.56. The van der Waals surface area contributed by atoms with Crippen LogP contribution in [-0.2, 0) is 11.2 Å². The van der Waals surface area contributed by atoms with E-state index in [2.05, 4.69) is 5.32 Å². The van der Waals surface area contributed by atoms with Crippen molar-refractivity contribution < 1.29 is 14.8 Å². The van der Waals surface area contributed by atoms with Gasteiger partial charge in [0.05, 0.1) is 17.4 Å². The molecule has 0 saturated heterocycles. The van der Waals surface area contributed by atoms with E-state index >= 15 is 0 Å². The topological polar surface area (TPSA) is 92.5 Å². The summed E-state index contributed by atoms with van der Waals surface area (Å²) < 4.78 is 0. The number of nitrogens with zero attached hydrogens (tertiary/aromatic N) is 1. The van der Waals surface area contributed by atoms with E-state index in [1.165, 1.54) is 6.07 Å². The lowest BCUT2D eigenvalue weighted by atomic mass is 10.1. The second-order valence-electron chi connectivity index (χ2n) is 5.20. The maximum atomic E-state index is 11.8. The Hall–Kier alpha value is -1.95. The quantitative estimate of drug-likeness (QED) is 0.629. The molecule has 1 amide bonds. The number of hydrogen-bond acceptors (Lipinski definition) is 4. The van der Waals surface area contributed by atoms with E-state index in [0.29, 0.717) is 24.4 Å². The molecule has 2 N–H and O–H groups in total. The monoisotopic (exact) mass is 278 g/mol. The van der Waals surface area contributed by atoms with Crippen LogP contribution in [0.3, 0.4) is 0 Å². The maximum Gasteiger partial charge on any atom is 0.273 e. The third-order valence-corrected chi connectivity index (χ3v) is 3.64. The zero-order chi connectivity index (χ0) is 14.5. The smallest absolute Gasteiger partial charge is 0.273 e. The van der Waals surface area contributed by atoms with Crippen LogP contribution in [0.5, 0.6) is 0 Å². The number of carbonyl (C=O) groups excluding carboxylic acids is 1. The van der Waals surface area contributed by atoms with Gasteiger partial charge in [0.2, 0.25) is 5.91 Å². The highest BCUT2D eigenvalue weighted by atomic mass is 16.6. The van der Waals surface area contributed by atoms with Gasteiger partial charge in [-0.1, -0.05) is 18.2 Å². The van der Waals surface area contributed by atoms with E-state index in [9.17, 15) is 20.0 Å². The van der Waals surface area contributed by atoms with Gasteiger partial charge in [-0.15, -0.1) is 0 Å². The van der Waals surface area contributed by atoms with Crippen molar-refractivity contribution in [3.05, 3.63) is 39.9 Å². The molecule has 0 aliphatic heterocycles. The molecule has 2 rings (SSSR count). The lowest BCUT2D eigenvalue weighted by Crippen LogP contribution is -2.30. The summed E-state index contributed by atoms with van der Waals surface area (Å²) in [5.41, 5.74) is 0.389. The summed E-state index contributed by atoms with van der Waals surface area (Å²) in [6.45, 7) is 0.524. The molecule has 1 saturated carbocycles. The molecule has 2 unspecified atom stereocenters. The summed E-state index contributed by atoms with van der Waals surface area (Å²) in [5.74, 6) is 0.0837. The van der Waals surface area contributed by atoms with Crippen LogP contribution in [0, 0.1) is 16.0 Å². The van der Waals surface area contributed by atoms with Crippen LogP contribution in [0.2, 0.25) is 0 Å². The molecular weight excluding hydrogens is 260 g/mol. The van der Waals surface area contributed by atoms with Gasteiger partial charge in [-0.05, 0) is 25.2 Å². The Morgan fingerprint density at radius 2 is 2.15 bits per heavy atom. The summed E-state index contributed by atoms with van der Waals surface area (Å²) >= 11 is 0. The largest absolute Gasteiger partial charge is 0.393 e. The number of nitrogens with one attached hydrogen (secondary N) is 1. The van der Waals surface area contributed by atoms with Crippen molar-refractivity contribution in [1.82, 2.24) is 5.32 Å². The van der Waals surface area contributed by atoms with Crippen molar-refractivity contribution in [3.63, 3.8) is 0 Å².